The van der Waals surface area contributed by atoms with E-state index in [-0.39, 0.29) is 17.6 Å². The molecule has 0 fully saturated rings. The second kappa shape index (κ2) is 6.25. The number of anilines is 2. The Labute approximate surface area is 146 Å². The van der Waals surface area contributed by atoms with Crippen molar-refractivity contribution >= 4 is 44.2 Å². The molecule has 4 rings (SSSR count). The molecule has 1 aromatic heterocycles. The van der Waals surface area contributed by atoms with Crippen LogP contribution in [0, 0.1) is 5.82 Å². The second-order valence-electron chi connectivity index (χ2n) is 5.86. The van der Waals surface area contributed by atoms with E-state index in [0.29, 0.717) is 27.3 Å². The SMILES string of the molecule is O=C1CCCc2cc(C(=O)Nc3nc4ccc(F)cc4s3)ccc2N1. The number of rotatable bonds is 2. The van der Waals surface area contributed by atoms with Crippen molar-refractivity contribution in [1.82, 2.24) is 4.98 Å². The van der Waals surface area contributed by atoms with Crippen LogP contribution in [0.3, 0.4) is 0 Å². The summed E-state index contributed by atoms with van der Waals surface area (Å²) >= 11 is 1.23. The van der Waals surface area contributed by atoms with Gasteiger partial charge in [0.1, 0.15) is 5.82 Å². The number of halogens is 1. The summed E-state index contributed by atoms with van der Waals surface area (Å²) in [6.07, 6.45) is 1.99. The topological polar surface area (TPSA) is 71.1 Å². The first-order chi connectivity index (χ1) is 12.1. The average molecular weight is 355 g/mol. The van der Waals surface area contributed by atoms with Gasteiger partial charge in [-0.05, 0) is 54.8 Å². The number of aromatic nitrogens is 1. The number of carbonyl (C=O) groups excluding carboxylic acids is 2. The highest BCUT2D eigenvalue weighted by molar-refractivity contribution is 7.22. The number of amides is 2. The summed E-state index contributed by atoms with van der Waals surface area (Å²) in [6, 6.07) is 9.54. The zero-order valence-corrected chi connectivity index (χ0v) is 14.0. The Bertz CT molecular complexity index is 999. The minimum Gasteiger partial charge on any atom is -0.326 e. The minimum atomic E-state index is -0.332. The molecule has 1 aliphatic heterocycles. The normalized spacial score (nSPS) is 13.9. The summed E-state index contributed by atoms with van der Waals surface area (Å²) in [5.74, 6) is -0.614. The van der Waals surface area contributed by atoms with Crippen LogP contribution >= 0.6 is 11.3 Å². The fourth-order valence-electron chi connectivity index (χ4n) is 2.84. The molecule has 0 aliphatic carbocycles. The fraction of sp³-hybridized carbons (Fsp3) is 0.167. The van der Waals surface area contributed by atoms with Gasteiger partial charge in [0.2, 0.25) is 5.91 Å². The van der Waals surface area contributed by atoms with E-state index in [2.05, 4.69) is 15.6 Å². The first-order valence-corrected chi connectivity index (χ1v) is 8.70. The Kier molecular flexibility index (Phi) is 3.93. The molecule has 2 aromatic carbocycles. The van der Waals surface area contributed by atoms with Crippen LogP contribution < -0.4 is 10.6 Å². The third-order valence-electron chi connectivity index (χ3n) is 4.06. The van der Waals surface area contributed by atoms with Crippen LogP contribution in [0.4, 0.5) is 15.2 Å². The van der Waals surface area contributed by atoms with Crippen molar-refractivity contribution in [2.45, 2.75) is 19.3 Å². The van der Waals surface area contributed by atoms with E-state index in [1.54, 1.807) is 24.3 Å². The number of aryl methyl sites for hydroxylation is 1. The molecule has 2 amide bonds. The maximum absolute atomic E-state index is 13.3. The largest absolute Gasteiger partial charge is 0.326 e. The van der Waals surface area contributed by atoms with E-state index in [1.165, 1.54) is 23.5 Å². The van der Waals surface area contributed by atoms with E-state index >= 15 is 0 Å². The molecule has 126 valence electrons. The van der Waals surface area contributed by atoms with E-state index in [4.69, 9.17) is 0 Å². The predicted molar refractivity (Wildman–Crippen MR) is 95.5 cm³/mol. The summed E-state index contributed by atoms with van der Waals surface area (Å²) in [6.45, 7) is 0. The number of nitrogens with one attached hydrogen (secondary N) is 2. The van der Waals surface area contributed by atoms with Gasteiger partial charge in [0.25, 0.3) is 5.91 Å². The highest BCUT2D eigenvalue weighted by atomic mass is 32.1. The summed E-state index contributed by atoms with van der Waals surface area (Å²) in [4.78, 5) is 28.4. The maximum Gasteiger partial charge on any atom is 0.257 e. The number of hydrogen-bond donors (Lipinski definition) is 2. The van der Waals surface area contributed by atoms with Gasteiger partial charge in [-0.15, -0.1) is 0 Å². The number of hydrogen-bond acceptors (Lipinski definition) is 4. The monoisotopic (exact) mass is 355 g/mol. The molecule has 0 atom stereocenters. The summed E-state index contributed by atoms with van der Waals surface area (Å²) in [5.41, 5.74) is 2.85. The minimum absolute atomic E-state index is 0.00217. The maximum atomic E-state index is 13.3. The Hall–Kier alpha value is -2.80. The lowest BCUT2D eigenvalue weighted by molar-refractivity contribution is -0.116. The quantitative estimate of drug-likeness (QED) is 0.731. The lowest BCUT2D eigenvalue weighted by Crippen LogP contribution is -2.13. The van der Waals surface area contributed by atoms with Crippen molar-refractivity contribution in [2.75, 3.05) is 10.6 Å². The smallest absolute Gasteiger partial charge is 0.257 e. The summed E-state index contributed by atoms with van der Waals surface area (Å²) in [5, 5.41) is 6.03. The highest BCUT2D eigenvalue weighted by Gasteiger charge is 2.16. The number of nitrogens with zero attached hydrogens (tertiary/aromatic N) is 1. The van der Waals surface area contributed by atoms with Gasteiger partial charge in [-0.1, -0.05) is 11.3 Å². The number of thiazole rings is 1. The van der Waals surface area contributed by atoms with E-state index in [0.717, 1.165) is 24.1 Å². The van der Waals surface area contributed by atoms with Gasteiger partial charge in [0.05, 0.1) is 10.2 Å². The molecular weight excluding hydrogens is 341 g/mol. The molecule has 0 unspecified atom stereocenters. The molecule has 7 heteroatoms. The number of carbonyl (C=O) groups is 2. The van der Waals surface area contributed by atoms with Crippen LogP contribution in [-0.4, -0.2) is 16.8 Å². The zero-order valence-electron chi connectivity index (χ0n) is 13.1. The molecule has 2 N–H and O–H groups in total. The molecule has 2 heterocycles. The van der Waals surface area contributed by atoms with Crippen molar-refractivity contribution in [3.05, 3.63) is 53.3 Å². The first kappa shape index (κ1) is 15.7. The Balaban J connectivity index is 1.58. The van der Waals surface area contributed by atoms with E-state index in [1.807, 2.05) is 0 Å². The predicted octanol–water partition coefficient (Wildman–Crippen LogP) is 3.96. The number of benzene rings is 2. The van der Waals surface area contributed by atoms with Crippen molar-refractivity contribution in [2.24, 2.45) is 0 Å². The third-order valence-corrected chi connectivity index (χ3v) is 5.00. The van der Waals surface area contributed by atoms with Gasteiger partial charge >= 0.3 is 0 Å². The Morgan fingerprint density at radius 2 is 2.08 bits per heavy atom. The molecular formula is C18H14FN3O2S. The van der Waals surface area contributed by atoms with Crippen LogP contribution in [0.15, 0.2) is 36.4 Å². The molecule has 1 aliphatic rings. The van der Waals surface area contributed by atoms with Crippen molar-refractivity contribution in [3.63, 3.8) is 0 Å². The lowest BCUT2D eigenvalue weighted by Gasteiger charge is -2.09. The molecule has 3 aromatic rings. The van der Waals surface area contributed by atoms with Crippen LogP contribution in [0.1, 0.15) is 28.8 Å². The van der Waals surface area contributed by atoms with E-state index in [9.17, 15) is 14.0 Å². The van der Waals surface area contributed by atoms with Crippen molar-refractivity contribution in [1.29, 1.82) is 0 Å². The van der Waals surface area contributed by atoms with Crippen LogP contribution in [0.25, 0.3) is 10.2 Å². The highest BCUT2D eigenvalue weighted by Crippen LogP contribution is 2.28. The molecule has 5 nitrogen and oxygen atoms in total. The molecule has 0 spiro atoms. The van der Waals surface area contributed by atoms with E-state index < -0.39 is 0 Å². The van der Waals surface area contributed by atoms with Gasteiger partial charge in [0, 0.05) is 17.7 Å². The van der Waals surface area contributed by atoms with Crippen LogP contribution in [-0.2, 0) is 11.2 Å². The third kappa shape index (κ3) is 3.23. The number of fused-ring (bicyclic) bond motifs is 2. The molecule has 0 bridgehead atoms. The van der Waals surface area contributed by atoms with Crippen LogP contribution in [0.2, 0.25) is 0 Å². The van der Waals surface area contributed by atoms with Crippen molar-refractivity contribution in [3.8, 4) is 0 Å². The van der Waals surface area contributed by atoms with Gasteiger partial charge in [-0.25, -0.2) is 9.37 Å². The molecule has 0 saturated carbocycles. The Morgan fingerprint density at radius 3 is 2.96 bits per heavy atom. The average Bonchev–Trinajstić information content (AvgIpc) is 2.86. The van der Waals surface area contributed by atoms with Crippen molar-refractivity contribution < 1.29 is 14.0 Å². The van der Waals surface area contributed by atoms with Gasteiger partial charge in [-0.2, -0.15) is 0 Å². The zero-order chi connectivity index (χ0) is 17.4. The molecule has 0 saturated heterocycles. The van der Waals surface area contributed by atoms with Gasteiger partial charge in [-0.3, -0.25) is 14.9 Å². The molecule has 0 radical (unpaired) electrons. The second-order valence-corrected chi connectivity index (χ2v) is 6.89. The van der Waals surface area contributed by atoms with Gasteiger partial charge < -0.3 is 5.32 Å². The lowest BCUT2D eigenvalue weighted by atomic mass is 10.0. The van der Waals surface area contributed by atoms with Gasteiger partial charge in [0.15, 0.2) is 5.13 Å². The summed E-state index contributed by atoms with van der Waals surface area (Å²) < 4.78 is 13.9. The summed E-state index contributed by atoms with van der Waals surface area (Å²) in [7, 11) is 0. The first-order valence-electron chi connectivity index (χ1n) is 7.89. The standard InChI is InChI=1S/C18H14FN3O2S/c19-12-5-7-14-15(9-12)25-18(21-14)22-17(24)11-4-6-13-10(8-11)2-1-3-16(23)20-13/h4-9H,1-3H2,(H,20,23)(H,21,22,24). The fourth-order valence-corrected chi connectivity index (χ4v) is 3.72. The molecule has 25 heavy (non-hydrogen) atoms. The van der Waals surface area contributed by atoms with Crippen LogP contribution in [0.5, 0.6) is 0 Å². The Morgan fingerprint density at radius 1 is 1.20 bits per heavy atom.